The first kappa shape index (κ1) is 17.8. The van der Waals surface area contributed by atoms with Gasteiger partial charge in [-0.3, -0.25) is 9.59 Å². The van der Waals surface area contributed by atoms with E-state index in [-0.39, 0.29) is 12.8 Å². The van der Waals surface area contributed by atoms with Crippen molar-refractivity contribution >= 4 is 35.3 Å². The summed E-state index contributed by atoms with van der Waals surface area (Å²) in [6.07, 6.45) is 0.593. The zero-order chi connectivity index (χ0) is 18.0. The summed E-state index contributed by atoms with van der Waals surface area (Å²) in [4.78, 5) is 24.6. The van der Waals surface area contributed by atoms with Gasteiger partial charge in [-0.2, -0.15) is 0 Å². The van der Waals surface area contributed by atoms with E-state index in [9.17, 15) is 19.8 Å². The number of aliphatic carboxylic acids is 2. The van der Waals surface area contributed by atoms with E-state index in [1.165, 1.54) is 0 Å². The molecule has 130 valence electrons. The Morgan fingerprint density at radius 2 is 1.52 bits per heavy atom. The topological polar surface area (TPSA) is 74.6 Å². The molecule has 1 heterocycles. The number of rotatable bonds is 6. The molecule has 6 heteroatoms. The van der Waals surface area contributed by atoms with Crippen LogP contribution in [0.5, 0.6) is 0 Å². The van der Waals surface area contributed by atoms with Crippen LogP contribution in [0.25, 0.3) is 0 Å². The number of halogens is 1. The monoisotopic (exact) mass is 376 g/mol. The van der Waals surface area contributed by atoms with Crippen LogP contribution in [0.2, 0.25) is 5.02 Å². The van der Waals surface area contributed by atoms with E-state index in [1.807, 2.05) is 36.4 Å². The zero-order valence-electron chi connectivity index (χ0n) is 13.4. The van der Waals surface area contributed by atoms with Crippen molar-refractivity contribution in [2.45, 2.75) is 40.9 Å². The minimum atomic E-state index is -0.894. The molecule has 0 bridgehead atoms. The number of benzene rings is 2. The second kappa shape index (κ2) is 7.10. The molecule has 3 rings (SSSR count). The second-order valence-electron chi connectivity index (χ2n) is 6.11. The molecule has 0 radical (unpaired) electrons. The van der Waals surface area contributed by atoms with Gasteiger partial charge in [-0.15, -0.1) is 0 Å². The number of fused-ring (bicyclic) bond motifs is 2. The maximum Gasteiger partial charge on any atom is 0.303 e. The highest BCUT2D eigenvalue weighted by Gasteiger charge is 2.41. The molecular formula is C19H17ClO4S. The molecule has 0 saturated heterocycles. The average Bonchev–Trinajstić information content (AvgIpc) is 2.58. The van der Waals surface area contributed by atoms with Crippen molar-refractivity contribution in [3.8, 4) is 0 Å². The van der Waals surface area contributed by atoms with Crippen molar-refractivity contribution in [3.05, 3.63) is 58.6 Å². The number of hydrogen-bond acceptors (Lipinski definition) is 3. The van der Waals surface area contributed by atoms with Gasteiger partial charge in [0.1, 0.15) is 0 Å². The quantitative estimate of drug-likeness (QED) is 0.755. The van der Waals surface area contributed by atoms with E-state index in [0.29, 0.717) is 17.9 Å². The average molecular weight is 377 g/mol. The molecule has 0 saturated carbocycles. The van der Waals surface area contributed by atoms with E-state index < -0.39 is 17.4 Å². The Balaban J connectivity index is 2.20. The van der Waals surface area contributed by atoms with Crippen LogP contribution in [0, 0.1) is 0 Å². The van der Waals surface area contributed by atoms with Crippen LogP contribution in [-0.4, -0.2) is 22.2 Å². The fourth-order valence-corrected chi connectivity index (χ4v) is 4.91. The number of carbonyl (C=O) groups is 2. The second-order valence-corrected chi connectivity index (χ2v) is 7.63. The maximum atomic E-state index is 11.3. The molecule has 2 N–H and O–H groups in total. The summed E-state index contributed by atoms with van der Waals surface area (Å²) in [5.74, 6) is -1.79. The van der Waals surface area contributed by atoms with Gasteiger partial charge in [-0.25, -0.2) is 0 Å². The van der Waals surface area contributed by atoms with Crippen molar-refractivity contribution < 1.29 is 19.8 Å². The first-order valence-corrected chi connectivity index (χ1v) is 9.13. The van der Waals surface area contributed by atoms with Gasteiger partial charge in [0.25, 0.3) is 0 Å². The summed E-state index contributed by atoms with van der Waals surface area (Å²) in [6.45, 7) is 0. The predicted octanol–water partition coefficient (Wildman–Crippen LogP) is 4.82. The molecule has 1 aliphatic heterocycles. The van der Waals surface area contributed by atoms with Crippen molar-refractivity contribution in [1.82, 2.24) is 0 Å². The first-order chi connectivity index (χ1) is 11.9. The molecule has 2 aromatic carbocycles. The molecular weight excluding hydrogens is 360 g/mol. The minimum Gasteiger partial charge on any atom is -0.481 e. The van der Waals surface area contributed by atoms with E-state index in [4.69, 9.17) is 11.6 Å². The first-order valence-electron chi connectivity index (χ1n) is 7.93. The molecule has 0 aliphatic carbocycles. The molecule has 0 atom stereocenters. The van der Waals surface area contributed by atoms with Gasteiger partial charge >= 0.3 is 11.9 Å². The van der Waals surface area contributed by atoms with Gasteiger partial charge in [0.2, 0.25) is 0 Å². The third kappa shape index (κ3) is 3.53. The van der Waals surface area contributed by atoms with Crippen LogP contribution in [-0.2, 0) is 15.0 Å². The zero-order valence-corrected chi connectivity index (χ0v) is 14.9. The molecule has 2 aromatic rings. The van der Waals surface area contributed by atoms with Crippen LogP contribution < -0.4 is 0 Å². The Kier molecular flexibility index (Phi) is 5.06. The van der Waals surface area contributed by atoms with Gasteiger partial charge in [-0.1, -0.05) is 41.6 Å². The Hall–Kier alpha value is -1.98. The highest BCUT2D eigenvalue weighted by molar-refractivity contribution is 7.99. The lowest BCUT2D eigenvalue weighted by atomic mass is 9.68. The largest absolute Gasteiger partial charge is 0.481 e. The summed E-state index contributed by atoms with van der Waals surface area (Å²) in [5, 5.41) is 19.0. The fourth-order valence-electron chi connectivity index (χ4n) is 3.48. The van der Waals surface area contributed by atoms with Gasteiger partial charge in [0, 0.05) is 33.1 Å². The van der Waals surface area contributed by atoms with Crippen molar-refractivity contribution in [2.75, 3.05) is 0 Å². The normalized spacial score (nSPS) is 14.4. The third-order valence-corrected chi connectivity index (χ3v) is 6.00. The number of hydrogen-bond donors (Lipinski definition) is 2. The summed E-state index contributed by atoms with van der Waals surface area (Å²) in [6, 6.07) is 13.4. The molecule has 0 spiro atoms. The number of carboxylic acids is 2. The Labute approximate surface area is 154 Å². The van der Waals surface area contributed by atoms with Crippen molar-refractivity contribution in [2.24, 2.45) is 0 Å². The van der Waals surface area contributed by atoms with Gasteiger partial charge in [0.05, 0.1) is 0 Å². The third-order valence-electron chi connectivity index (χ3n) is 4.61. The van der Waals surface area contributed by atoms with E-state index in [1.54, 1.807) is 17.8 Å². The highest BCUT2D eigenvalue weighted by Crippen LogP contribution is 2.53. The minimum absolute atomic E-state index is 0.0371. The molecule has 0 fully saturated rings. The lowest BCUT2D eigenvalue weighted by Gasteiger charge is -2.40. The molecule has 0 amide bonds. The van der Waals surface area contributed by atoms with Crippen LogP contribution in [0.4, 0.5) is 0 Å². The maximum absolute atomic E-state index is 11.3. The van der Waals surface area contributed by atoms with Crippen molar-refractivity contribution in [1.29, 1.82) is 0 Å². The van der Waals surface area contributed by atoms with E-state index in [0.717, 1.165) is 20.9 Å². The Bertz CT molecular complexity index is 816. The fraction of sp³-hybridized carbons (Fsp3) is 0.263. The smallest absolute Gasteiger partial charge is 0.303 e. The van der Waals surface area contributed by atoms with Crippen LogP contribution in [0.1, 0.15) is 36.8 Å². The standard InChI is InChI=1S/C19H17ClO4S/c20-12-5-6-16-14(11-12)19(9-7-17(21)22,10-8-18(23)24)13-3-1-2-4-15(13)25-16/h1-6,11H,7-10H2,(H,21,22)(H,23,24). The van der Waals surface area contributed by atoms with Gasteiger partial charge in [0.15, 0.2) is 0 Å². The molecule has 25 heavy (non-hydrogen) atoms. The van der Waals surface area contributed by atoms with Crippen molar-refractivity contribution in [3.63, 3.8) is 0 Å². The van der Waals surface area contributed by atoms with Crippen LogP contribution in [0.15, 0.2) is 52.3 Å². The van der Waals surface area contributed by atoms with Gasteiger partial charge in [-0.05, 0) is 48.2 Å². The molecule has 4 nitrogen and oxygen atoms in total. The predicted molar refractivity (Wildman–Crippen MR) is 96.5 cm³/mol. The van der Waals surface area contributed by atoms with E-state index in [2.05, 4.69) is 0 Å². The Morgan fingerprint density at radius 3 is 2.16 bits per heavy atom. The summed E-state index contributed by atoms with van der Waals surface area (Å²) in [7, 11) is 0. The molecule has 1 aliphatic rings. The summed E-state index contributed by atoms with van der Waals surface area (Å²) < 4.78 is 0. The van der Waals surface area contributed by atoms with Crippen LogP contribution in [0.3, 0.4) is 0 Å². The Morgan fingerprint density at radius 1 is 0.920 bits per heavy atom. The molecule has 0 aromatic heterocycles. The lowest BCUT2D eigenvalue weighted by Crippen LogP contribution is -2.33. The SMILES string of the molecule is O=C(O)CCC1(CCC(=O)O)c2ccccc2Sc2ccc(Cl)cc21. The van der Waals surface area contributed by atoms with Crippen LogP contribution >= 0.6 is 23.4 Å². The lowest BCUT2D eigenvalue weighted by molar-refractivity contribution is -0.137. The van der Waals surface area contributed by atoms with E-state index >= 15 is 0 Å². The molecule has 0 unspecified atom stereocenters. The van der Waals surface area contributed by atoms with Gasteiger partial charge < -0.3 is 10.2 Å². The summed E-state index contributed by atoms with van der Waals surface area (Å²) in [5.41, 5.74) is 1.24. The summed E-state index contributed by atoms with van der Waals surface area (Å²) >= 11 is 7.82. The number of carboxylic acid groups (broad SMARTS) is 2. The highest BCUT2D eigenvalue weighted by atomic mass is 35.5.